The minimum atomic E-state index is -0.458. The summed E-state index contributed by atoms with van der Waals surface area (Å²) in [6, 6.07) is 4.64. The van der Waals surface area contributed by atoms with Crippen LogP contribution in [0.25, 0.3) is 6.08 Å². The van der Waals surface area contributed by atoms with Gasteiger partial charge in [0.1, 0.15) is 5.75 Å². The summed E-state index contributed by atoms with van der Waals surface area (Å²) in [4.78, 5) is 21.2. The first-order valence-corrected chi connectivity index (χ1v) is 6.16. The fourth-order valence-electron chi connectivity index (χ4n) is 1.37. The Bertz CT molecular complexity index is 485. The molecule has 1 rings (SSSR count). The molecule has 0 aromatic heterocycles. The molecule has 0 unspecified atom stereocenters. The molecule has 0 N–H and O–H groups in total. The normalized spacial score (nSPS) is 10.6. The van der Waals surface area contributed by atoms with E-state index >= 15 is 0 Å². The molecule has 96 valence electrons. The first kappa shape index (κ1) is 14.2. The first-order chi connectivity index (χ1) is 8.56. The molecule has 1 aromatic rings. The minimum absolute atomic E-state index is 0.00850. The van der Waals surface area contributed by atoms with Crippen molar-refractivity contribution in [2.24, 2.45) is 0 Å². The van der Waals surface area contributed by atoms with Crippen molar-refractivity contribution in [1.29, 1.82) is 0 Å². The van der Waals surface area contributed by atoms with Crippen LogP contribution in [0.2, 0.25) is 0 Å². The highest BCUT2D eigenvalue weighted by Gasteiger charge is 2.15. The summed E-state index contributed by atoms with van der Waals surface area (Å²) >= 11 is 1.14. The van der Waals surface area contributed by atoms with Gasteiger partial charge in [0.25, 0.3) is 5.69 Å². The van der Waals surface area contributed by atoms with E-state index < -0.39 is 4.92 Å². The molecule has 0 amide bonds. The van der Waals surface area contributed by atoms with E-state index in [0.29, 0.717) is 17.1 Å². The molecule has 0 saturated heterocycles. The lowest BCUT2D eigenvalue weighted by Gasteiger charge is -2.04. The Labute approximate surface area is 109 Å². The van der Waals surface area contributed by atoms with Crippen LogP contribution in [-0.2, 0) is 4.79 Å². The molecule has 0 heterocycles. The Balaban J connectivity index is 2.97. The zero-order chi connectivity index (χ0) is 13.5. The summed E-state index contributed by atoms with van der Waals surface area (Å²) in [6.45, 7) is 1.48. The molecule has 6 heteroatoms. The number of methoxy groups -OCH3 is 1. The number of carbonyl (C=O) groups excluding carboxylic acids is 1. The molecule has 0 aliphatic heterocycles. The minimum Gasteiger partial charge on any atom is -0.496 e. The van der Waals surface area contributed by atoms with Crippen molar-refractivity contribution in [3.05, 3.63) is 40.0 Å². The molecule has 0 radical (unpaired) electrons. The van der Waals surface area contributed by atoms with E-state index in [1.165, 1.54) is 20.1 Å². The molecule has 0 aliphatic carbocycles. The quantitative estimate of drug-likeness (QED) is 0.606. The summed E-state index contributed by atoms with van der Waals surface area (Å²) in [5.74, 6) is 0.915. The van der Waals surface area contributed by atoms with Crippen LogP contribution in [0.3, 0.4) is 0 Å². The number of ether oxygens (including phenoxy) is 1. The van der Waals surface area contributed by atoms with Gasteiger partial charge in [0, 0.05) is 18.7 Å². The van der Waals surface area contributed by atoms with Gasteiger partial charge in [-0.25, -0.2) is 0 Å². The van der Waals surface area contributed by atoms with E-state index in [2.05, 4.69) is 0 Å². The van der Waals surface area contributed by atoms with Crippen LogP contribution in [0.4, 0.5) is 5.69 Å². The summed E-state index contributed by atoms with van der Waals surface area (Å²) in [7, 11) is 1.46. The standard InChI is InChI=1S/C12H13NO4S/c1-9(14)18-8-4-5-10-11(13(15)16)6-3-7-12(10)17-2/h3-7H,8H2,1-2H3. The van der Waals surface area contributed by atoms with Crippen molar-refractivity contribution in [1.82, 2.24) is 0 Å². The van der Waals surface area contributed by atoms with Gasteiger partial charge < -0.3 is 4.74 Å². The topological polar surface area (TPSA) is 69.4 Å². The van der Waals surface area contributed by atoms with Crippen LogP contribution in [0.5, 0.6) is 5.75 Å². The number of thioether (sulfide) groups is 1. The molecule has 0 saturated carbocycles. The lowest BCUT2D eigenvalue weighted by molar-refractivity contribution is -0.385. The van der Waals surface area contributed by atoms with Gasteiger partial charge in [-0.1, -0.05) is 23.9 Å². The van der Waals surface area contributed by atoms with Crippen molar-refractivity contribution in [2.75, 3.05) is 12.9 Å². The maximum absolute atomic E-state index is 10.9. The SMILES string of the molecule is COc1cccc([N+](=O)[O-])c1C=CCSC(C)=O. The molecular weight excluding hydrogens is 254 g/mol. The number of nitrogens with zero attached hydrogens (tertiary/aromatic N) is 1. The lowest BCUT2D eigenvalue weighted by atomic mass is 10.1. The zero-order valence-corrected chi connectivity index (χ0v) is 10.9. The van der Waals surface area contributed by atoms with Crippen molar-refractivity contribution in [3.63, 3.8) is 0 Å². The highest BCUT2D eigenvalue weighted by molar-refractivity contribution is 8.13. The monoisotopic (exact) mass is 267 g/mol. The van der Waals surface area contributed by atoms with E-state index in [0.717, 1.165) is 11.8 Å². The second-order valence-electron chi connectivity index (χ2n) is 3.36. The predicted molar refractivity (Wildman–Crippen MR) is 71.8 cm³/mol. The lowest BCUT2D eigenvalue weighted by Crippen LogP contribution is -1.95. The van der Waals surface area contributed by atoms with Gasteiger partial charge in [0.15, 0.2) is 5.12 Å². The van der Waals surface area contributed by atoms with Crippen molar-refractivity contribution in [2.45, 2.75) is 6.92 Å². The van der Waals surface area contributed by atoms with Crippen LogP contribution in [-0.4, -0.2) is 22.9 Å². The smallest absolute Gasteiger partial charge is 0.280 e. The summed E-state index contributed by atoms with van der Waals surface area (Å²) in [5, 5.41) is 10.9. The Kier molecular flexibility index (Phi) is 5.38. The van der Waals surface area contributed by atoms with Gasteiger partial charge >= 0.3 is 0 Å². The Morgan fingerprint density at radius 3 is 2.83 bits per heavy atom. The zero-order valence-electron chi connectivity index (χ0n) is 10.1. The maximum Gasteiger partial charge on any atom is 0.280 e. The Morgan fingerprint density at radius 1 is 1.56 bits per heavy atom. The van der Waals surface area contributed by atoms with Gasteiger partial charge in [0.05, 0.1) is 17.6 Å². The van der Waals surface area contributed by atoms with Crippen molar-refractivity contribution in [3.8, 4) is 5.75 Å². The second-order valence-corrected chi connectivity index (χ2v) is 4.55. The number of hydrogen-bond acceptors (Lipinski definition) is 5. The second kappa shape index (κ2) is 6.80. The Morgan fingerprint density at radius 2 is 2.28 bits per heavy atom. The molecule has 1 aromatic carbocycles. The average molecular weight is 267 g/mol. The fourth-order valence-corrected chi connectivity index (χ4v) is 1.80. The summed E-state index contributed by atoms with van der Waals surface area (Å²) in [5.41, 5.74) is 0.396. The number of nitro benzene ring substituents is 1. The number of carbonyl (C=O) groups is 1. The molecule has 0 fully saturated rings. The number of nitro groups is 1. The first-order valence-electron chi connectivity index (χ1n) is 5.17. The average Bonchev–Trinajstić information content (AvgIpc) is 2.33. The highest BCUT2D eigenvalue weighted by Crippen LogP contribution is 2.29. The van der Waals surface area contributed by atoms with Gasteiger partial charge in [-0.3, -0.25) is 14.9 Å². The highest BCUT2D eigenvalue weighted by atomic mass is 32.2. The van der Waals surface area contributed by atoms with Gasteiger partial charge in [-0.15, -0.1) is 0 Å². The van der Waals surface area contributed by atoms with E-state index in [-0.39, 0.29) is 10.8 Å². The number of benzene rings is 1. The molecule has 0 aliphatic rings. The molecule has 18 heavy (non-hydrogen) atoms. The van der Waals surface area contributed by atoms with Crippen LogP contribution >= 0.6 is 11.8 Å². The van der Waals surface area contributed by atoms with E-state index in [1.807, 2.05) is 0 Å². The van der Waals surface area contributed by atoms with Gasteiger partial charge in [-0.2, -0.15) is 0 Å². The van der Waals surface area contributed by atoms with Crippen LogP contribution < -0.4 is 4.74 Å². The molecule has 0 atom stereocenters. The molecule has 5 nitrogen and oxygen atoms in total. The predicted octanol–water partition coefficient (Wildman–Crippen LogP) is 2.90. The van der Waals surface area contributed by atoms with E-state index in [4.69, 9.17) is 4.74 Å². The van der Waals surface area contributed by atoms with Crippen LogP contribution in [0.15, 0.2) is 24.3 Å². The number of hydrogen-bond donors (Lipinski definition) is 0. The van der Waals surface area contributed by atoms with E-state index in [9.17, 15) is 14.9 Å². The third-order valence-electron chi connectivity index (χ3n) is 2.13. The van der Waals surface area contributed by atoms with Crippen molar-refractivity contribution >= 4 is 28.6 Å². The van der Waals surface area contributed by atoms with E-state index in [1.54, 1.807) is 24.3 Å². The van der Waals surface area contributed by atoms with Gasteiger partial charge in [-0.05, 0) is 12.1 Å². The van der Waals surface area contributed by atoms with Gasteiger partial charge in [0.2, 0.25) is 0 Å². The Hall–Kier alpha value is -1.82. The molecule has 0 spiro atoms. The third kappa shape index (κ3) is 3.89. The summed E-state index contributed by atoms with van der Waals surface area (Å²) < 4.78 is 5.08. The molecule has 0 bridgehead atoms. The fraction of sp³-hybridized carbons (Fsp3) is 0.250. The van der Waals surface area contributed by atoms with Crippen molar-refractivity contribution < 1.29 is 14.5 Å². The maximum atomic E-state index is 10.9. The third-order valence-corrected chi connectivity index (χ3v) is 2.89. The largest absolute Gasteiger partial charge is 0.496 e. The van der Waals surface area contributed by atoms with Crippen LogP contribution in [0.1, 0.15) is 12.5 Å². The number of rotatable bonds is 5. The summed E-state index contributed by atoms with van der Waals surface area (Å²) in [6.07, 6.45) is 3.31. The molecular formula is C12H13NO4S. The van der Waals surface area contributed by atoms with Crippen LogP contribution in [0, 0.1) is 10.1 Å².